The van der Waals surface area contributed by atoms with E-state index >= 15 is 0 Å². The molecule has 2 aromatic heterocycles. The number of hydrogen-bond donors (Lipinski definition) is 0. The van der Waals surface area contributed by atoms with Crippen molar-refractivity contribution in [2.75, 3.05) is 0 Å². The highest BCUT2D eigenvalue weighted by Gasteiger charge is 2.31. The first-order chi connectivity index (χ1) is 28.2. The van der Waals surface area contributed by atoms with Crippen molar-refractivity contribution in [1.82, 2.24) is 9.13 Å². The van der Waals surface area contributed by atoms with E-state index in [1.807, 2.05) is 66.7 Å². The Balaban J connectivity index is 1.11. The van der Waals surface area contributed by atoms with Gasteiger partial charge in [-0.3, -0.25) is 0 Å². The topological polar surface area (TPSA) is 61.8 Å². The van der Waals surface area contributed by atoms with Gasteiger partial charge in [-0.2, -0.15) is 10.5 Å². The summed E-state index contributed by atoms with van der Waals surface area (Å²) >= 11 is 0. The SMILES string of the molecule is [C-]#[N+]c1cc(-n2c3ccccc3c3cc4c(cc32)C(c2ccccc2)c2ccccc2-4)c(C#N)cc1-c1ccc(-n2c3ccccc3c3ccccc32)cc1C#N. The van der Waals surface area contributed by atoms with Gasteiger partial charge in [0.25, 0.3) is 0 Å². The van der Waals surface area contributed by atoms with Gasteiger partial charge in [-0.05, 0) is 93.5 Å². The third kappa shape index (κ3) is 4.66. The van der Waals surface area contributed by atoms with Gasteiger partial charge in [0, 0.05) is 33.2 Å². The number of nitriles is 2. The average molecular weight is 724 g/mol. The van der Waals surface area contributed by atoms with E-state index in [9.17, 15) is 10.5 Å². The number of nitrogens with zero attached hydrogens (tertiary/aromatic N) is 5. The second kappa shape index (κ2) is 12.4. The maximum atomic E-state index is 10.8. The van der Waals surface area contributed by atoms with Gasteiger partial charge in [0.15, 0.2) is 5.69 Å². The number of fused-ring (bicyclic) bond motifs is 9. The van der Waals surface area contributed by atoms with Crippen LogP contribution in [0.25, 0.3) is 82.1 Å². The van der Waals surface area contributed by atoms with E-state index in [-0.39, 0.29) is 5.92 Å². The second-order valence-corrected chi connectivity index (χ2v) is 14.6. The Morgan fingerprint density at radius 1 is 0.456 bits per heavy atom. The maximum Gasteiger partial charge on any atom is 0.197 e. The summed E-state index contributed by atoms with van der Waals surface area (Å²) in [5, 5.41) is 25.9. The highest BCUT2D eigenvalue weighted by atomic mass is 15.0. The predicted octanol–water partition coefficient (Wildman–Crippen LogP) is 13.0. The van der Waals surface area contributed by atoms with Crippen molar-refractivity contribution < 1.29 is 0 Å². The Morgan fingerprint density at radius 3 is 1.75 bits per heavy atom. The van der Waals surface area contributed by atoms with Crippen molar-refractivity contribution in [3.05, 3.63) is 209 Å². The molecule has 0 saturated heterocycles. The van der Waals surface area contributed by atoms with E-state index in [1.54, 1.807) is 6.07 Å². The number of rotatable bonds is 4. The monoisotopic (exact) mass is 723 g/mol. The zero-order chi connectivity index (χ0) is 38.2. The van der Waals surface area contributed by atoms with Gasteiger partial charge in [0.2, 0.25) is 0 Å². The standard InChI is InChI=1S/C52H29N5/c1-55-46-29-50(34(31-54)26-43(46)36-24-23-35(25-33(36)30-53)56-47-20-10-7-16-38(47)39-17-8-11-21-48(39)56)57-49-22-12-9-18-40(49)44-27-42-37-15-5-6-19-41(37)52(45(42)28-51(44)57)32-13-3-2-4-14-32/h2-29,52H. The van der Waals surface area contributed by atoms with Crippen LogP contribution in [0.2, 0.25) is 0 Å². The van der Waals surface area contributed by atoms with Crippen molar-refractivity contribution in [1.29, 1.82) is 10.5 Å². The Hall–Kier alpha value is -8.17. The fraction of sp³-hybridized carbons (Fsp3) is 0.0192. The minimum absolute atomic E-state index is 0.0553. The van der Waals surface area contributed by atoms with Gasteiger partial charge < -0.3 is 9.13 Å². The van der Waals surface area contributed by atoms with Gasteiger partial charge in [-0.1, -0.05) is 115 Å². The maximum absolute atomic E-state index is 10.8. The van der Waals surface area contributed by atoms with Crippen LogP contribution in [0.5, 0.6) is 0 Å². The first-order valence-corrected chi connectivity index (χ1v) is 18.9. The summed E-state index contributed by atoms with van der Waals surface area (Å²) in [5.74, 6) is 0.0553. The Bertz CT molecular complexity index is 3400. The van der Waals surface area contributed by atoms with Gasteiger partial charge in [0.05, 0.1) is 51.5 Å². The molecule has 1 unspecified atom stereocenters. The van der Waals surface area contributed by atoms with Gasteiger partial charge in [0.1, 0.15) is 6.07 Å². The van der Waals surface area contributed by atoms with E-state index in [1.165, 1.54) is 27.8 Å². The van der Waals surface area contributed by atoms with Crippen LogP contribution in [0.4, 0.5) is 5.69 Å². The lowest BCUT2D eigenvalue weighted by Gasteiger charge is -2.17. The predicted molar refractivity (Wildman–Crippen MR) is 229 cm³/mol. The van der Waals surface area contributed by atoms with Crippen LogP contribution < -0.4 is 0 Å². The van der Waals surface area contributed by atoms with Crippen molar-refractivity contribution in [2.24, 2.45) is 0 Å². The molecule has 1 aliphatic carbocycles. The third-order valence-electron chi connectivity index (χ3n) is 11.7. The summed E-state index contributed by atoms with van der Waals surface area (Å²) in [6.45, 7) is 8.42. The Labute approximate surface area is 328 Å². The molecule has 1 atom stereocenters. The van der Waals surface area contributed by atoms with Crippen LogP contribution in [-0.2, 0) is 0 Å². The first kappa shape index (κ1) is 32.3. The first-order valence-electron chi connectivity index (χ1n) is 18.9. The molecule has 10 aromatic rings. The molecule has 0 N–H and O–H groups in total. The van der Waals surface area contributed by atoms with Crippen LogP contribution in [0, 0.1) is 29.2 Å². The van der Waals surface area contributed by atoms with Crippen molar-refractivity contribution in [3.8, 4) is 45.8 Å². The molecule has 0 bridgehead atoms. The minimum Gasteiger partial charge on any atom is -0.309 e. The molecule has 5 heteroatoms. The summed E-state index contributed by atoms with van der Waals surface area (Å²) in [6.07, 6.45) is 0. The number of para-hydroxylation sites is 3. The molecule has 0 spiro atoms. The Kier molecular flexibility index (Phi) is 7.04. The van der Waals surface area contributed by atoms with Crippen LogP contribution in [-0.4, -0.2) is 9.13 Å². The average Bonchev–Trinajstić information content (AvgIpc) is 3.90. The van der Waals surface area contributed by atoms with Crippen LogP contribution in [0.3, 0.4) is 0 Å². The minimum atomic E-state index is 0.0553. The molecular formula is C52H29N5. The zero-order valence-electron chi connectivity index (χ0n) is 30.5. The van der Waals surface area contributed by atoms with Crippen molar-refractivity contribution in [3.63, 3.8) is 0 Å². The van der Waals surface area contributed by atoms with E-state index in [2.05, 4.69) is 123 Å². The van der Waals surface area contributed by atoms with Crippen molar-refractivity contribution >= 4 is 49.3 Å². The van der Waals surface area contributed by atoms with E-state index in [0.717, 1.165) is 49.3 Å². The molecule has 0 aliphatic heterocycles. The highest BCUT2D eigenvalue weighted by molar-refractivity contribution is 6.12. The lowest BCUT2D eigenvalue weighted by atomic mass is 9.89. The van der Waals surface area contributed by atoms with Gasteiger partial charge in [-0.15, -0.1) is 0 Å². The fourth-order valence-corrected chi connectivity index (χ4v) is 9.29. The van der Waals surface area contributed by atoms with E-state index in [0.29, 0.717) is 33.6 Å². The molecule has 11 rings (SSSR count). The number of benzene rings is 8. The number of hydrogen-bond acceptors (Lipinski definition) is 2. The van der Waals surface area contributed by atoms with E-state index in [4.69, 9.17) is 6.57 Å². The van der Waals surface area contributed by atoms with Crippen molar-refractivity contribution in [2.45, 2.75) is 5.92 Å². The summed E-state index contributed by atoms with van der Waals surface area (Å²) in [7, 11) is 0. The summed E-state index contributed by atoms with van der Waals surface area (Å²) < 4.78 is 4.32. The summed E-state index contributed by atoms with van der Waals surface area (Å²) in [6, 6.07) is 63.0. The highest BCUT2D eigenvalue weighted by Crippen LogP contribution is 2.51. The molecule has 0 radical (unpaired) electrons. The largest absolute Gasteiger partial charge is 0.309 e. The third-order valence-corrected chi connectivity index (χ3v) is 11.7. The molecule has 0 saturated carbocycles. The molecule has 5 nitrogen and oxygen atoms in total. The van der Waals surface area contributed by atoms with Gasteiger partial charge >= 0.3 is 0 Å². The molecular weight excluding hydrogens is 695 g/mol. The van der Waals surface area contributed by atoms with Crippen LogP contribution in [0.1, 0.15) is 33.7 Å². The molecule has 2 heterocycles. The second-order valence-electron chi connectivity index (χ2n) is 14.6. The quantitative estimate of drug-likeness (QED) is 0.170. The van der Waals surface area contributed by atoms with Gasteiger partial charge in [-0.25, -0.2) is 4.85 Å². The lowest BCUT2D eigenvalue weighted by Crippen LogP contribution is -2.01. The lowest BCUT2D eigenvalue weighted by molar-refractivity contribution is 1.01. The molecule has 262 valence electrons. The molecule has 57 heavy (non-hydrogen) atoms. The fourth-order valence-electron chi connectivity index (χ4n) is 9.29. The normalized spacial score (nSPS) is 13.0. The van der Waals surface area contributed by atoms with E-state index < -0.39 is 0 Å². The Morgan fingerprint density at radius 2 is 1.07 bits per heavy atom. The molecule has 1 aliphatic rings. The molecule has 8 aromatic carbocycles. The zero-order valence-corrected chi connectivity index (χ0v) is 30.5. The summed E-state index contributed by atoms with van der Waals surface area (Å²) in [5.41, 5.74) is 14.0. The smallest absolute Gasteiger partial charge is 0.197 e. The molecule has 0 fully saturated rings. The summed E-state index contributed by atoms with van der Waals surface area (Å²) in [4.78, 5) is 4.03. The number of aromatic nitrogens is 2. The van der Waals surface area contributed by atoms with Crippen LogP contribution >= 0.6 is 0 Å². The van der Waals surface area contributed by atoms with Crippen LogP contribution in [0.15, 0.2) is 170 Å². The molecule has 0 amide bonds.